The van der Waals surface area contributed by atoms with Crippen LogP contribution in [0.2, 0.25) is 0 Å². The molecule has 4 heteroatoms. The van der Waals surface area contributed by atoms with Gasteiger partial charge in [-0.05, 0) is 38.1 Å². The van der Waals surface area contributed by atoms with E-state index in [4.69, 9.17) is 10.5 Å². The number of nitrogens with two attached hydrogens (primary N) is 1. The van der Waals surface area contributed by atoms with Gasteiger partial charge in [0.15, 0.2) is 0 Å². The normalized spacial score (nSPS) is 23.8. The second-order valence-electron chi connectivity index (χ2n) is 5.24. The van der Waals surface area contributed by atoms with E-state index in [0.29, 0.717) is 0 Å². The fourth-order valence-corrected chi connectivity index (χ4v) is 2.83. The quantitative estimate of drug-likeness (QED) is 0.797. The predicted molar refractivity (Wildman–Crippen MR) is 78.4 cm³/mol. The van der Waals surface area contributed by atoms with Crippen LogP contribution >= 0.6 is 0 Å². The summed E-state index contributed by atoms with van der Waals surface area (Å²) in [7, 11) is 0. The van der Waals surface area contributed by atoms with Crippen LogP contribution in [0.5, 0.6) is 0 Å². The van der Waals surface area contributed by atoms with Crippen LogP contribution in [-0.2, 0) is 4.74 Å². The first kappa shape index (κ1) is 12.2. The van der Waals surface area contributed by atoms with Crippen molar-refractivity contribution in [2.45, 2.75) is 26.1 Å². The third-order valence-corrected chi connectivity index (χ3v) is 3.54. The maximum Gasteiger partial charge on any atom is 0.0951 e. The summed E-state index contributed by atoms with van der Waals surface area (Å²) in [5.41, 5.74) is 8.81. The summed E-state index contributed by atoms with van der Waals surface area (Å²) in [4.78, 5) is 6.75. The predicted octanol–water partition coefficient (Wildman–Crippen LogP) is 2.43. The Bertz CT molecular complexity index is 589. The number of morpholine rings is 1. The smallest absolute Gasteiger partial charge is 0.0951 e. The molecular formula is C15H19N3O. The minimum absolute atomic E-state index is 0.244. The van der Waals surface area contributed by atoms with E-state index in [9.17, 15) is 0 Å². The van der Waals surface area contributed by atoms with Gasteiger partial charge in [0.2, 0.25) is 0 Å². The summed E-state index contributed by atoms with van der Waals surface area (Å²) in [6, 6.07) is 8.07. The molecule has 1 aromatic carbocycles. The molecule has 0 amide bonds. The van der Waals surface area contributed by atoms with Gasteiger partial charge >= 0.3 is 0 Å². The number of benzene rings is 1. The average Bonchev–Trinajstić information content (AvgIpc) is 2.38. The summed E-state index contributed by atoms with van der Waals surface area (Å²) < 4.78 is 5.79. The molecule has 19 heavy (non-hydrogen) atoms. The molecule has 1 aliphatic heterocycles. The van der Waals surface area contributed by atoms with Gasteiger partial charge in [0.1, 0.15) is 0 Å². The number of nitrogens with zero attached hydrogens (tertiary/aromatic N) is 2. The molecule has 3 rings (SSSR count). The lowest BCUT2D eigenvalue weighted by molar-refractivity contribution is -0.00513. The zero-order valence-electron chi connectivity index (χ0n) is 11.3. The Labute approximate surface area is 113 Å². The zero-order valence-corrected chi connectivity index (χ0v) is 11.3. The molecule has 1 fully saturated rings. The lowest BCUT2D eigenvalue weighted by Crippen LogP contribution is -2.45. The Morgan fingerprint density at radius 2 is 1.95 bits per heavy atom. The monoisotopic (exact) mass is 257 g/mol. The van der Waals surface area contributed by atoms with Crippen LogP contribution in [-0.4, -0.2) is 30.3 Å². The van der Waals surface area contributed by atoms with Gasteiger partial charge in [-0.25, -0.2) is 0 Å². The minimum atomic E-state index is 0.244. The Morgan fingerprint density at radius 3 is 2.68 bits per heavy atom. The fourth-order valence-electron chi connectivity index (χ4n) is 2.83. The number of hydrogen-bond acceptors (Lipinski definition) is 4. The maximum atomic E-state index is 6.00. The van der Waals surface area contributed by atoms with Crippen LogP contribution in [0.4, 0.5) is 11.4 Å². The molecule has 4 nitrogen and oxygen atoms in total. The zero-order chi connectivity index (χ0) is 13.4. The molecule has 1 saturated heterocycles. The molecule has 0 spiro atoms. The Kier molecular flexibility index (Phi) is 3.03. The van der Waals surface area contributed by atoms with Crippen LogP contribution in [0.3, 0.4) is 0 Å². The van der Waals surface area contributed by atoms with Gasteiger partial charge in [-0.3, -0.25) is 4.98 Å². The molecule has 2 aromatic rings. The largest absolute Gasteiger partial charge is 0.397 e. The van der Waals surface area contributed by atoms with Crippen molar-refractivity contribution in [3.63, 3.8) is 0 Å². The van der Waals surface area contributed by atoms with E-state index < -0.39 is 0 Å². The molecule has 0 bridgehead atoms. The van der Waals surface area contributed by atoms with Crippen LogP contribution in [0.25, 0.3) is 10.9 Å². The SMILES string of the molecule is CC1CN(c2ccc(N)c3ncccc23)CC(C)O1. The Balaban J connectivity index is 2.07. The molecule has 2 unspecified atom stereocenters. The fraction of sp³-hybridized carbons (Fsp3) is 0.400. The highest BCUT2D eigenvalue weighted by Gasteiger charge is 2.23. The highest BCUT2D eigenvalue weighted by Crippen LogP contribution is 2.31. The van der Waals surface area contributed by atoms with Gasteiger partial charge in [0, 0.05) is 30.4 Å². The average molecular weight is 257 g/mol. The van der Waals surface area contributed by atoms with E-state index in [0.717, 1.165) is 29.7 Å². The number of hydrogen-bond donors (Lipinski definition) is 1. The highest BCUT2D eigenvalue weighted by atomic mass is 16.5. The molecule has 0 radical (unpaired) electrons. The topological polar surface area (TPSA) is 51.4 Å². The van der Waals surface area contributed by atoms with Gasteiger partial charge in [0.25, 0.3) is 0 Å². The maximum absolute atomic E-state index is 6.00. The molecule has 2 N–H and O–H groups in total. The van der Waals surface area contributed by atoms with E-state index in [1.165, 1.54) is 5.69 Å². The van der Waals surface area contributed by atoms with Crippen molar-refractivity contribution < 1.29 is 4.74 Å². The number of aromatic nitrogens is 1. The standard InChI is InChI=1S/C15H19N3O/c1-10-8-18(9-11(2)19-10)14-6-5-13(16)15-12(14)4-3-7-17-15/h3-7,10-11H,8-9,16H2,1-2H3. The second-order valence-corrected chi connectivity index (χ2v) is 5.24. The Morgan fingerprint density at radius 1 is 1.21 bits per heavy atom. The first-order valence-electron chi connectivity index (χ1n) is 6.69. The highest BCUT2D eigenvalue weighted by molar-refractivity contribution is 5.98. The summed E-state index contributed by atoms with van der Waals surface area (Å²) in [5, 5.41) is 1.11. The van der Waals surface area contributed by atoms with Crippen molar-refractivity contribution in [2.75, 3.05) is 23.7 Å². The van der Waals surface area contributed by atoms with Gasteiger partial charge in [0.05, 0.1) is 23.4 Å². The molecule has 0 saturated carbocycles. The van der Waals surface area contributed by atoms with Crippen molar-refractivity contribution in [2.24, 2.45) is 0 Å². The van der Waals surface area contributed by atoms with Gasteiger partial charge in [-0.1, -0.05) is 0 Å². The van der Waals surface area contributed by atoms with Crippen LogP contribution in [0.15, 0.2) is 30.5 Å². The molecular weight excluding hydrogens is 238 g/mol. The Hall–Kier alpha value is -1.81. The molecule has 1 aliphatic rings. The molecule has 0 aliphatic carbocycles. The molecule has 2 atom stereocenters. The van der Waals surface area contributed by atoms with Crippen LogP contribution in [0, 0.1) is 0 Å². The third-order valence-electron chi connectivity index (χ3n) is 3.54. The lowest BCUT2D eigenvalue weighted by atomic mass is 10.1. The van der Waals surface area contributed by atoms with E-state index in [2.05, 4.69) is 35.9 Å². The number of anilines is 2. The number of ether oxygens (including phenoxy) is 1. The van der Waals surface area contributed by atoms with Gasteiger partial charge in [-0.15, -0.1) is 0 Å². The van der Waals surface area contributed by atoms with Crippen molar-refractivity contribution in [1.82, 2.24) is 4.98 Å². The first-order chi connectivity index (χ1) is 9.15. The summed E-state index contributed by atoms with van der Waals surface area (Å²) >= 11 is 0. The van der Waals surface area contributed by atoms with Crippen molar-refractivity contribution >= 4 is 22.3 Å². The van der Waals surface area contributed by atoms with E-state index in [1.54, 1.807) is 6.20 Å². The second kappa shape index (κ2) is 4.70. The van der Waals surface area contributed by atoms with Crippen LogP contribution < -0.4 is 10.6 Å². The lowest BCUT2D eigenvalue weighted by Gasteiger charge is -2.37. The number of pyridine rings is 1. The number of rotatable bonds is 1. The minimum Gasteiger partial charge on any atom is -0.397 e. The summed E-state index contributed by atoms with van der Waals surface area (Å²) in [6.07, 6.45) is 2.27. The van der Waals surface area contributed by atoms with E-state index in [1.807, 2.05) is 12.1 Å². The van der Waals surface area contributed by atoms with Gasteiger partial charge < -0.3 is 15.4 Å². The number of fused-ring (bicyclic) bond motifs is 1. The third kappa shape index (κ3) is 2.24. The summed E-state index contributed by atoms with van der Waals surface area (Å²) in [5.74, 6) is 0. The molecule has 1 aromatic heterocycles. The summed E-state index contributed by atoms with van der Waals surface area (Å²) in [6.45, 7) is 6.03. The van der Waals surface area contributed by atoms with E-state index in [-0.39, 0.29) is 12.2 Å². The molecule has 100 valence electrons. The van der Waals surface area contributed by atoms with Gasteiger partial charge in [-0.2, -0.15) is 0 Å². The number of nitrogen functional groups attached to an aromatic ring is 1. The van der Waals surface area contributed by atoms with Crippen molar-refractivity contribution in [1.29, 1.82) is 0 Å². The van der Waals surface area contributed by atoms with E-state index >= 15 is 0 Å². The van der Waals surface area contributed by atoms with Crippen molar-refractivity contribution in [3.05, 3.63) is 30.5 Å². The molecule has 2 heterocycles. The van der Waals surface area contributed by atoms with Crippen LogP contribution in [0.1, 0.15) is 13.8 Å². The first-order valence-corrected chi connectivity index (χ1v) is 6.69. The van der Waals surface area contributed by atoms with Crippen molar-refractivity contribution in [3.8, 4) is 0 Å².